The van der Waals surface area contributed by atoms with Gasteiger partial charge in [0.25, 0.3) is 0 Å². The maximum absolute atomic E-state index is 3.74. The lowest BCUT2D eigenvalue weighted by Crippen LogP contribution is -1.92. The van der Waals surface area contributed by atoms with Crippen molar-refractivity contribution in [3.63, 3.8) is 0 Å². The van der Waals surface area contributed by atoms with Gasteiger partial charge in [0.15, 0.2) is 0 Å². The van der Waals surface area contributed by atoms with Crippen LogP contribution in [0, 0.1) is 0 Å². The summed E-state index contributed by atoms with van der Waals surface area (Å²) in [5.41, 5.74) is 13.1. The lowest BCUT2D eigenvalue weighted by molar-refractivity contribution is 1.18. The topological polar surface area (TPSA) is 36.5 Å². The molecule has 10 rings (SSSR count). The van der Waals surface area contributed by atoms with Gasteiger partial charge in [-0.05, 0) is 82.9 Å². The molecule has 0 saturated carbocycles. The summed E-state index contributed by atoms with van der Waals surface area (Å²) >= 11 is 0. The number of rotatable bonds is 3. The fourth-order valence-corrected chi connectivity index (χ4v) is 7.30. The van der Waals surface area contributed by atoms with Crippen LogP contribution in [0.1, 0.15) is 0 Å². The standard InChI is InChI=1S/C42H27N3/c1-2-8-30(9-3-1)45-41-13-7-5-11-34(41)36-23-27(17-21-42(36)45)29-15-19-33-32-18-14-28(24-39(32)44-40(33)25-29)26-16-20-38-35(22-26)31-10-4-6-12-37(31)43-38/h1-25,43-44H. The SMILES string of the molecule is c1ccc(-n2c3ccccc3c3cc(-c4ccc5c(c4)[nH]c4cc(-c6ccc7[nH]c8ccccc8c7c6)ccc45)ccc32)cc1. The number of aromatic nitrogens is 3. The van der Waals surface area contributed by atoms with Crippen molar-refractivity contribution in [3.8, 4) is 27.9 Å². The van der Waals surface area contributed by atoms with Gasteiger partial charge in [0.1, 0.15) is 0 Å². The molecule has 0 spiro atoms. The minimum atomic E-state index is 1.15. The Kier molecular flexibility index (Phi) is 5.00. The van der Waals surface area contributed by atoms with E-state index in [9.17, 15) is 0 Å². The molecule has 0 aliphatic rings. The Morgan fingerprint density at radius 1 is 0.311 bits per heavy atom. The van der Waals surface area contributed by atoms with Crippen LogP contribution in [-0.4, -0.2) is 14.5 Å². The van der Waals surface area contributed by atoms with Crippen LogP contribution in [0.3, 0.4) is 0 Å². The van der Waals surface area contributed by atoms with Gasteiger partial charge in [0.2, 0.25) is 0 Å². The normalized spacial score (nSPS) is 12.0. The Morgan fingerprint density at radius 3 is 1.60 bits per heavy atom. The third kappa shape index (κ3) is 3.65. The first-order valence-corrected chi connectivity index (χ1v) is 15.4. The molecule has 3 heterocycles. The molecule has 0 saturated heterocycles. The van der Waals surface area contributed by atoms with Gasteiger partial charge >= 0.3 is 0 Å². The fourth-order valence-electron chi connectivity index (χ4n) is 7.30. The summed E-state index contributed by atoms with van der Waals surface area (Å²) in [7, 11) is 0. The minimum absolute atomic E-state index is 1.15. The number of fused-ring (bicyclic) bond motifs is 9. The fraction of sp³-hybridized carbons (Fsp3) is 0. The first-order valence-electron chi connectivity index (χ1n) is 15.4. The van der Waals surface area contributed by atoms with Gasteiger partial charge < -0.3 is 14.5 Å². The van der Waals surface area contributed by atoms with Crippen molar-refractivity contribution >= 4 is 65.4 Å². The number of aromatic amines is 2. The summed E-state index contributed by atoms with van der Waals surface area (Å²) in [6.07, 6.45) is 0. The predicted molar refractivity (Wildman–Crippen MR) is 190 cm³/mol. The number of hydrogen-bond acceptors (Lipinski definition) is 0. The summed E-state index contributed by atoms with van der Waals surface area (Å²) in [6, 6.07) is 55.0. The summed E-state index contributed by atoms with van der Waals surface area (Å²) in [5.74, 6) is 0. The van der Waals surface area contributed by atoms with Crippen molar-refractivity contribution in [1.82, 2.24) is 14.5 Å². The van der Waals surface area contributed by atoms with Crippen LogP contribution in [0.5, 0.6) is 0 Å². The number of para-hydroxylation sites is 3. The van der Waals surface area contributed by atoms with Crippen LogP contribution < -0.4 is 0 Å². The second kappa shape index (κ2) is 9.22. The van der Waals surface area contributed by atoms with E-state index in [0.717, 1.165) is 11.0 Å². The molecule has 0 amide bonds. The van der Waals surface area contributed by atoms with E-state index in [4.69, 9.17) is 0 Å². The molecule has 7 aromatic carbocycles. The second-order valence-corrected chi connectivity index (χ2v) is 12.0. The van der Waals surface area contributed by atoms with Gasteiger partial charge in [0.05, 0.1) is 11.0 Å². The highest BCUT2D eigenvalue weighted by Gasteiger charge is 2.14. The molecule has 45 heavy (non-hydrogen) atoms. The maximum atomic E-state index is 3.74. The highest BCUT2D eigenvalue weighted by atomic mass is 15.0. The number of nitrogens with zero attached hydrogens (tertiary/aromatic N) is 1. The molecule has 3 heteroatoms. The largest absolute Gasteiger partial charge is 0.355 e. The molecule has 0 radical (unpaired) electrons. The average molecular weight is 574 g/mol. The summed E-state index contributed by atoms with van der Waals surface area (Å²) in [6.45, 7) is 0. The lowest BCUT2D eigenvalue weighted by Gasteiger charge is -2.08. The third-order valence-electron chi connectivity index (χ3n) is 9.46. The van der Waals surface area contributed by atoms with E-state index in [0.29, 0.717) is 0 Å². The monoisotopic (exact) mass is 573 g/mol. The molecule has 2 N–H and O–H groups in total. The number of benzene rings is 7. The van der Waals surface area contributed by atoms with E-state index < -0.39 is 0 Å². The molecule has 0 aliphatic heterocycles. The quantitative estimate of drug-likeness (QED) is 0.211. The Labute approximate surface area is 259 Å². The molecule has 0 aliphatic carbocycles. The average Bonchev–Trinajstić information content (AvgIpc) is 3.76. The molecule has 0 atom stereocenters. The molecule has 0 bridgehead atoms. The van der Waals surface area contributed by atoms with Gasteiger partial charge in [-0.2, -0.15) is 0 Å². The van der Waals surface area contributed by atoms with Gasteiger partial charge in [-0.25, -0.2) is 0 Å². The lowest BCUT2D eigenvalue weighted by atomic mass is 10.00. The molecular formula is C42H27N3. The predicted octanol–water partition coefficient (Wildman–Crippen LogP) is 11.4. The van der Waals surface area contributed by atoms with Crippen molar-refractivity contribution in [3.05, 3.63) is 152 Å². The van der Waals surface area contributed by atoms with Gasteiger partial charge in [-0.15, -0.1) is 0 Å². The Bertz CT molecular complexity index is 2760. The Hall–Kier alpha value is -6.06. The Morgan fingerprint density at radius 2 is 0.822 bits per heavy atom. The van der Waals surface area contributed by atoms with Gasteiger partial charge in [-0.3, -0.25) is 0 Å². The van der Waals surface area contributed by atoms with Crippen LogP contribution in [0.4, 0.5) is 0 Å². The molecule has 210 valence electrons. The number of nitrogens with one attached hydrogen (secondary N) is 2. The summed E-state index contributed by atoms with van der Waals surface area (Å²) < 4.78 is 2.36. The van der Waals surface area contributed by atoms with Crippen molar-refractivity contribution < 1.29 is 0 Å². The smallest absolute Gasteiger partial charge is 0.0541 e. The molecule has 3 nitrogen and oxygen atoms in total. The van der Waals surface area contributed by atoms with Crippen molar-refractivity contribution in [2.24, 2.45) is 0 Å². The van der Waals surface area contributed by atoms with E-state index in [1.54, 1.807) is 0 Å². The number of H-pyrrole nitrogens is 2. The number of hydrogen-bond donors (Lipinski definition) is 2. The van der Waals surface area contributed by atoms with E-state index in [1.165, 1.54) is 82.3 Å². The van der Waals surface area contributed by atoms with Crippen molar-refractivity contribution in [1.29, 1.82) is 0 Å². The van der Waals surface area contributed by atoms with Crippen molar-refractivity contribution in [2.75, 3.05) is 0 Å². The van der Waals surface area contributed by atoms with Gasteiger partial charge in [-0.1, -0.05) is 91.0 Å². The van der Waals surface area contributed by atoms with Gasteiger partial charge in [0, 0.05) is 60.1 Å². The van der Waals surface area contributed by atoms with E-state index in [-0.39, 0.29) is 0 Å². The summed E-state index contributed by atoms with van der Waals surface area (Å²) in [5, 5.41) is 7.54. The minimum Gasteiger partial charge on any atom is -0.355 e. The third-order valence-corrected chi connectivity index (χ3v) is 9.46. The summed E-state index contributed by atoms with van der Waals surface area (Å²) in [4.78, 5) is 7.28. The van der Waals surface area contributed by atoms with E-state index in [1.807, 2.05) is 0 Å². The molecule has 0 fully saturated rings. The van der Waals surface area contributed by atoms with Crippen LogP contribution in [0.25, 0.3) is 93.4 Å². The van der Waals surface area contributed by atoms with Crippen LogP contribution in [-0.2, 0) is 0 Å². The second-order valence-electron chi connectivity index (χ2n) is 12.0. The first kappa shape index (κ1) is 24.4. The highest BCUT2D eigenvalue weighted by Crippen LogP contribution is 2.37. The molecule has 10 aromatic rings. The highest BCUT2D eigenvalue weighted by molar-refractivity contribution is 6.12. The Balaban J connectivity index is 1.08. The van der Waals surface area contributed by atoms with E-state index >= 15 is 0 Å². The van der Waals surface area contributed by atoms with Crippen LogP contribution in [0.2, 0.25) is 0 Å². The van der Waals surface area contributed by atoms with Crippen LogP contribution >= 0.6 is 0 Å². The molecule has 0 unspecified atom stereocenters. The molecular weight excluding hydrogens is 546 g/mol. The molecule has 3 aromatic heterocycles. The zero-order chi connectivity index (χ0) is 29.5. The van der Waals surface area contributed by atoms with E-state index in [2.05, 4.69) is 166 Å². The van der Waals surface area contributed by atoms with Crippen LogP contribution in [0.15, 0.2) is 152 Å². The van der Waals surface area contributed by atoms with Crippen molar-refractivity contribution in [2.45, 2.75) is 0 Å². The zero-order valence-electron chi connectivity index (χ0n) is 24.4. The first-order chi connectivity index (χ1) is 22.3. The maximum Gasteiger partial charge on any atom is 0.0541 e. The zero-order valence-corrected chi connectivity index (χ0v) is 24.4.